The molecule has 1 aromatic rings. The van der Waals surface area contributed by atoms with E-state index in [1.54, 1.807) is 6.08 Å². The van der Waals surface area contributed by atoms with Gasteiger partial charge in [-0.3, -0.25) is 9.59 Å². The zero-order valence-electron chi connectivity index (χ0n) is 15.1. The molecule has 2 fully saturated rings. The summed E-state index contributed by atoms with van der Waals surface area (Å²) in [4.78, 5) is 26.8. The smallest absolute Gasteiger partial charge is 0.250 e. The summed E-state index contributed by atoms with van der Waals surface area (Å²) in [6.07, 6.45) is 10.0. The highest BCUT2D eigenvalue weighted by molar-refractivity contribution is 6.03. The second-order valence-electron chi connectivity index (χ2n) is 7.67. The molecular weight excluding hydrogens is 326 g/mol. The first kappa shape index (κ1) is 17.3. The van der Waals surface area contributed by atoms with Gasteiger partial charge in [-0.1, -0.05) is 43.5 Å². The van der Waals surface area contributed by atoms with E-state index in [-0.39, 0.29) is 23.9 Å². The van der Waals surface area contributed by atoms with Crippen LogP contribution in [0, 0.1) is 5.92 Å². The lowest BCUT2D eigenvalue weighted by molar-refractivity contribution is -0.125. The highest BCUT2D eigenvalue weighted by atomic mass is 16.2. The van der Waals surface area contributed by atoms with Crippen LogP contribution >= 0.6 is 0 Å². The Labute approximate surface area is 154 Å². The van der Waals surface area contributed by atoms with Gasteiger partial charge in [-0.15, -0.1) is 0 Å². The van der Waals surface area contributed by atoms with Crippen molar-refractivity contribution in [1.29, 1.82) is 0 Å². The number of fused-ring (bicyclic) bond motifs is 1. The molecule has 5 heteroatoms. The molecule has 2 aliphatic heterocycles. The fraction of sp³-hybridized carbons (Fsp3) is 0.524. The number of hydrogen-bond acceptors (Lipinski definition) is 3. The molecule has 3 aliphatic rings. The third kappa shape index (κ3) is 3.68. The first-order chi connectivity index (χ1) is 12.7. The Morgan fingerprint density at radius 1 is 1.27 bits per heavy atom. The molecule has 0 aromatic heterocycles. The SMILES string of the molecule is O=C(N[C@H](/C=C/C(=O)N1CCc2ccccc21)CC1CCC1)C1CCN1. The van der Waals surface area contributed by atoms with Crippen molar-refractivity contribution in [3.05, 3.63) is 42.0 Å². The summed E-state index contributed by atoms with van der Waals surface area (Å²) in [5, 5.41) is 6.27. The fourth-order valence-corrected chi connectivity index (χ4v) is 3.92. The number of hydrogen-bond donors (Lipinski definition) is 2. The zero-order valence-corrected chi connectivity index (χ0v) is 15.1. The number of para-hydroxylation sites is 1. The average molecular weight is 353 g/mol. The van der Waals surface area contributed by atoms with Crippen LogP contribution in [0.3, 0.4) is 0 Å². The van der Waals surface area contributed by atoms with E-state index in [0.29, 0.717) is 5.92 Å². The van der Waals surface area contributed by atoms with Crippen LogP contribution in [0.2, 0.25) is 0 Å². The Morgan fingerprint density at radius 3 is 2.77 bits per heavy atom. The molecule has 0 spiro atoms. The van der Waals surface area contributed by atoms with Gasteiger partial charge in [0, 0.05) is 24.4 Å². The van der Waals surface area contributed by atoms with Crippen LogP contribution in [0.25, 0.3) is 0 Å². The first-order valence-electron chi connectivity index (χ1n) is 9.82. The highest BCUT2D eigenvalue weighted by Gasteiger charge is 2.28. The van der Waals surface area contributed by atoms with Gasteiger partial charge >= 0.3 is 0 Å². The van der Waals surface area contributed by atoms with Gasteiger partial charge in [0.25, 0.3) is 5.91 Å². The molecule has 1 saturated carbocycles. The maximum absolute atomic E-state index is 12.7. The molecule has 5 nitrogen and oxygen atoms in total. The van der Waals surface area contributed by atoms with Gasteiger partial charge < -0.3 is 15.5 Å². The maximum atomic E-state index is 12.7. The summed E-state index contributed by atoms with van der Waals surface area (Å²) in [5.41, 5.74) is 2.24. The Hall–Kier alpha value is -2.14. The lowest BCUT2D eigenvalue weighted by Crippen LogP contribution is -2.55. The molecule has 26 heavy (non-hydrogen) atoms. The number of anilines is 1. The number of carbonyl (C=O) groups is 2. The monoisotopic (exact) mass is 353 g/mol. The molecule has 1 aromatic carbocycles. The van der Waals surface area contributed by atoms with E-state index in [0.717, 1.165) is 38.0 Å². The van der Waals surface area contributed by atoms with Crippen LogP contribution in [-0.2, 0) is 16.0 Å². The van der Waals surface area contributed by atoms with E-state index in [2.05, 4.69) is 16.7 Å². The fourth-order valence-electron chi connectivity index (χ4n) is 3.92. The lowest BCUT2D eigenvalue weighted by atomic mass is 9.80. The van der Waals surface area contributed by atoms with E-state index in [4.69, 9.17) is 0 Å². The number of rotatable bonds is 6. The number of nitrogens with zero attached hydrogens (tertiary/aromatic N) is 1. The minimum Gasteiger partial charge on any atom is -0.349 e. The molecule has 4 rings (SSSR count). The van der Waals surface area contributed by atoms with Crippen LogP contribution in [0.15, 0.2) is 36.4 Å². The minimum atomic E-state index is -0.0616. The van der Waals surface area contributed by atoms with E-state index in [1.165, 1.54) is 24.8 Å². The van der Waals surface area contributed by atoms with Crippen LogP contribution in [0.1, 0.15) is 37.7 Å². The summed E-state index contributed by atoms with van der Waals surface area (Å²) in [6.45, 7) is 1.64. The standard InChI is InChI=1S/C21H27N3O2/c25-20(24-13-11-16-6-1-2-7-19(16)24)9-8-17(14-15-4-3-5-15)23-21(26)18-10-12-22-18/h1-2,6-9,15,17-18,22H,3-5,10-14H2,(H,23,26)/b9-8+/t17-,18?/m1/s1. The van der Waals surface area contributed by atoms with E-state index in [9.17, 15) is 9.59 Å². The molecule has 1 saturated heterocycles. The maximum Gasteiger partial charge on any atom is 0.250 e. The van der Waals surface area contributed by atoms with E-state index < -0.39 is 0 Å². The van der Waals surface area contributed by atoms with Crippen molar-refractivity contribution in [2.45, 2.75) is 50.6 Å². The predicted octanol–water partition coefficient (Wildman–Crippen LogP) is 2.17. The van der Waals surface area contributed by atoms with Gasteiger partial charge in [-0.25, -0.2) is 0 Å². The van der Waals surface area contributed by atoms with Crippen LogP contribution < -0.4 is 15.5 Å². The molecule has 2 heterocycles. The minimum absolute atomic E-state index is 0.00424. The average Bonchev–Trinajstić information content (AvgIpc) is 2.97. The molecule has 2 amide bonds. The molecule has 0 radical (unpaired) electrons. The van der Waals surface area contributed by atoms with Crippen molar-refractivity contribution < 1.29 is 9.59 Å². The third-order valence-corrected chi connectivity index (χ3v) is 5.90. The number of amides is 2. The summed E-state index contributed by atoms with van der Waals surface area (Å²) in [6, 6.07) is 7.95. The highest BCUT2D eigenvalue weighted by Crippen LogP contribution is 2.31. The van der Waals surface area contributed by atoms with Gasteiger partial charge in [-0.2, -0.15) is 0 Å². The normalized spacial score (nSPS) is 23.2. The van der Waals surface area contributed by atoms with Crippen molar-refractivity contribution in [1.82, 2.24) is 10.6 Å². The zero-order chi connectivity index (χ0) is 17.9. The molecule has 0 bridgehead atoms. The van der Waals surface area contributed by atoms with Gasteiger partial charge in [0.1, 0.15) is 0 Å². The Balaban J connectivity index is 1.40. The summed E-state index contributed by atoms with van der Waals surface area (Å²) >= 11 is 0. The molecule has 1 unspecified atom stereocenters. The van der Waals surface area contributed by atoms with Crippen molar-refractivity contribution in [2.24, 2.45) is 5.92 Å². The van der Waals surface area contributed by atoms with Crippen LogP contribution in [-0.4, -0.2) is 37.0 Å². The van der Waals surface area contributed by atoms with Gasteiger partial charge in [0.05, 0.1) is 6.04 Å². The number of nitrogens with one attached hydrogen (secondary N) is 2. The Bertz CT molecular complexity index is 707. The van der Waals surface area contributed by atoms with Crippen LogP contribution in [0.5, 0.6) is 0 Å². The second kappa shape index (κ2) is 7.62. The first-order valence-corrected chi connectivity index (χ1v) is 9.82. The largest absolute Gasteiger partial charge is 0.349 e. The Morgan fingerprint density at radius 2 is 2.08 bits per heavy atom. The molecular formula is C21H27N3O2. The van der Waals surface area contributed by atoms with Gasteiger partial charge in [0.2, 0.25) is 5.91 Å². The summed E-state index contributed by atoms with van der Waals surface area (Å²) in [5.74, 6) is 0.732. The van der Waals surface area contributed by atoms with Crippen LogP contribution in [0.4, 0.5) is 5.69 Å². The van der Waals surface area contributed by atoms with Gasteiger partial charge in [-0.05, 0) is 43.4 Å². The second-order valence-corrected chi connectivity index (χ2v) is 7.67. The molecule has 2 N–H and O–H groups in total. The quantitative estimate of drug-likeness (QED) is 0.771. The van der Waals surface area contributed by atoms with Crippen molar-refractivity contribution in [3.63, 3.8) is 0 Å². The van der Waals surface area contributed by atoms with Crippen molar-refractivity contribution in [3.8, 4) is 0 Å². The summed E-state index contributed by atoms with van der Waals surface area (Å²) < 4.78 is 0. The van der Waals surface area contributed by atoms with E-state index in [1.807, 2.05) is 29.2 Å². The topological polar surface area (TPSA) is 61.4 Å². The predicted molar refractivity (Wildman–Crippen MR) is 102 cm³/mol. The lowest BCUT2D eigenvalue weighted by Gasteiger charge is -2.32. The van der Waals surface area contributed by atoms with Crippen molar-refractivity contribution >= 4 is 17.5 Å². The van der Waals surface area contributed by atoms with Crippen molar-refractivity contribution in [2.75, 3.05) is 18.0 Å². The summed E-state index contributed by atoms with van der Waals surface area (Å²) in [7, 11) is 0. The molecule has 2 atom stereocenters. The molecule has 138 valence electrons. The molecule has 1 aliphatic carbocycles. The third-order valence-electron chi connectivity index (χ3n) is 5.90. The Kier molecular flexibility index (Phi) is 5.07. The van der Waals surface area contributed by atoms with Gasteiger partial charge in [0.15, 0.2) is 0 Å². The number of carbonyl (C=O) groups excluding carboxylic acids is 2. The van der Waals surface area contributed by atoms with E-state index >= 15 is 0 Å². The number of benzene rings is 1.